The van der Waals surface area contributed by atoms with E-state index in [9.17, 15) is 12.8 Å². The van der Waals surface area contributed by atoms with E-state index in [2.05, 4.69) is 6.92 Å². The van der Waals surface area contributed by atoms with E-state index in [1.165, 1.54) is 25.0 Å². The molecule has 1 N–H and O–H groups in total. The summed E-state index contributed by atoms with van der Waals surface area (Å²) >= 11 is 0. The molecule has 0 heterocycles. The van der Waals surface area contributed by atoms with Gasteiger partial charge >= 0.3 is 0 Å². The molecule has 1 rings (SSSR count). The Labute approximate surface area is 127 Å². The highest BCUT2D eigenvalue weighted by Gasteiger charge is 2.14. The number of hydrogen-bond acceptors (Lipinski definition) is 2. The highest BCUT2D eigenvalue weighted by molar-refractivity contribution is 7.85. The van der Waals surface area contributed by atoms with Crippen molar-refractivity contribution in [3.8, 4) is 0 Å². The lowest BCUT2D eigenvalue weighted by molar-refractivity contribution is 0.302. The van der Waals surface area contributed by atoms with E-state index in [1.807, 2.05) is 6.92 Å². The lowest BCUT2D eigenvalue weighted by Gasteiger charge is -2.11. The van der Waals surface area contributed by atoms with Crippen LogP contribution in [0.4, 0.5) is 4.39 Å². The Morgan fingerprint density at radius 1 is 1.19 bits per heavy atom. The van der Waals surface area contributed by atoms with Gasteiger partial charge in [0, 0.05) is 6.42 Å². The Bertz CT molecular complexity index is 540. The fraction of sp³-hybridized carbons (Fsp3) is 0.625. The largest absolute Gasteiger partial charge is 0.294 e. The van der Waals surface area contributed by atoms with Crippen LogP contribution in [0.5, 0.6) is 0 Å². The van der Waals surface area contributed by atoms with E-state index in [0.717, 1.165) is 24.8 Å². The normalized spacial score (nSPS) is 13.3. The molecule has 0 fully saturated rings. The van der Waals surface area contributed by atoms with E-state index in [1.54, 1.807) is 6.07 Å². The Balaban J connectivity index is 2.57. The summed E-state index contributed by atoms with van der Waals surface area (Å²) in [6, 6.07) is 4.31. The minimum atomic E-state index is -4.23. The zero-order valence-electron chi connectivity index (χ0n) is 12.8. The van der Waals surface area contributed by atoms with Crippen LogP contribution in [0.25, 0.3) is 0 Å². The molecular weight excluding hydrogens is 291 g/mol. The van der Waals surface area contributed by atoms with E-state index >= 15 is 0 Å². The molecule has 1 aromatic rings. The molecule has 3 nitrogen and oxygen atoms in total. The Hall–Kier alpha value is -0.940. The van der Waals surface area contributed by atoms with Gasteiger partial charge in [0.1, 0.15) is 6.17 Å². The third kappa shape index (κ3) is 6.57. The van der Waals surface area contributed by atoms with Crippen molar-refractivity contribution in [1.82, 2.24) is 0 Å². The summed E-state index contributed by atoms with van der Waals surface area (Å²) in [5.41, 5.74) is 1.49. The second kappa shape index (κ2) is 8.49. The van der Waals surface area contributed by atoms with Gasteiger partial charge in [-0.15, -0.1) is 0 Å². The molecular formula is C16H25FO3S. The third-order valence-corrected chi connectivity index (χ3v) is 4.53. The minimum Gasteiger partial charge on any atom is -0.282 e. The lowest BCUT2D eigenvalue weighted by atomic mass is 10.00. The zero-order valence-corrected chi connectivity index (χ0v) is 13.6. The Morgan fingerprint density at radius 3 is 2.48 bits per heavy atom. The molecule has 120 valence electrons. The van der Waals surface area contributed by atoms with Crippen LogP contribution < -0.4 is 0 Å². The first-order chi connectivity index (χ1) is 9.84. The number of aryl methyl sites for hydroxylation is 1. The van der Waals surface area contributed by atoms with Gasteiger partial charge in [0.05, 0.1) is 4.90 Å². The van der Waals surface area contributed by atoms with E-state index in [0.29, 0.717) is 12.0 Å². The van der Waals surface area contributed by atoms with Gasteiger partial charge < -0.3 is 0 Å². The zero-order chi connectivity index (χ0) is 15.9. The molecule has 0 amide bonds. The average Bonchev–Trinajstić information content (AvgIpc) is 2.40. The van der Waals surface area contributed by atoms with Crippen molar-refractivity contribution in [2.45, 2.75) is 69.9 Å². The summed E-state index contributed by atoms with van der Waals surface area (Å²) in [5, 5.41) is 0. The van der Waals surface area contributed by atoms with Crippen LogP contribution in [-0.4, -0.2) is 19.1 Å². The van der Waals surface area contributed by atoms with Crippen LogP contribution in [0.3, 0.4) is 0 Å². The highest BCUT2D eigenvalue weighted by atomic mass is 32.2. The molecule has 0 aliphatic heterocycles. The van der Waals surface area contributed by atoms with Crippen molar-refractivity contribution >= 4 is 10.1 Å². The predicted octanol–water partition coefficient (Wildman–Crippen LogP) is 4.48. The summed E-state index contributed by atoms with van der Waals surface area (Å²) in [5.74, 6) is 0. The number of alkyl halides is 1. The SMILES string of the molecule is CCCCCCC[C@H](F)Cc1cc(S(=O)(=O)O)ccc1C. The Morgan fingerprint density at radius 2 is 1.86 bits per heavy atom. The van der Waals surface area contributed by atoms with Crippen LogP contribution in [0, 0.1) is 6.92 Å². The fourth-order valence-electron chi connectivity index (χ4n) is 2.34. The first-order valence-corrected chi connectivity index (χ1v) is 8.99. The average molecular weight is 316 g/mol. The van der Waals surface area contributed by atoms with Crippen LogP contribution in [-0.2, 0) is 16.5 Å². The van der Waals surface area contributed by atoms with E-state index < -0.39 is 16.3 Å². The standard InChI is InChI=1S/C16H25FO3S/c1-3-4-5-6-7-8-15(17)11-14-12-16(21(18,19)20)10-9-13(14)2/h9-10,12,15H,3-8,11H2,1-2H3,(H,18,19,20)/t15-/m0/s1. The number of unbranched alkanes of at least 4 members (excludes halogenated alkanes) is 4. The molecule has 0 unspecified atom stereocenters. The maximum atomic E-state index is 14.0. The monoisotopic (exact) mass is 316 g/mol. The summed E-state index contributed by atoms with van der Waals surface area (Å²) in [4.78, 5) is -0.168. The second-order valence-electron chi connectivity index (χ2n) is 5.57. The first kappa shape index (κ1) is 18.1. The molecule has 21 heavy (non-hydrogen) atoms. The summed E-state index contributed by atoms with van der Waals surface area (Å²) in [6.07, 6.45) is 5.12. The molecule has 0 radical (unpaired) electrons. The van der Waals surface area contributed by atoms with Gasteiger partial charge in [0.25, 0.3) is 10.1 Å². The van der Waals surface area contributed by atoms with E-state index in [-0.39, 0.29) is 11.3 Å². The minimum absolute atomic E-state index is 0.168. The topological polar surface area (TPSA) is 54.4 Å². The van der Waals surface area contributed by atoms with Crippen LogP contribution >= 0.6 is 0 Å². The molecule has 0 aliphatic rings. The van der Waals surface area contributed by atoms with Crippen LogP contribution in [0.2, 0.25) is 0 Å². The molecule has 0 saturated heterocycles. The van der Waals surface area contributed by atoms with Gasteiger partial charge in [0.15, 0.2) is 0 Å². The van der Waals surface area contributed by atoms with Gasteiger partial charge in [-0.25, -0.2) is 4.39 Å². The van der Waals surface area contributed by atoms with Gasteiger partial charge in [-0.2, -0.15) is 8.42 Å². The van der Waals surface area contributed by atoms with Gasteiger partial charge in [-0.1, -0.05) is 45.1 Å². The van der Waals surface area contributed by atoms with Crippen molar-refractivity contribution in [2.75, 3.05) is 0 Å². The lowest BCUT2D eigenvalue weighted by Crippen LogP contribution is -2.08. The summed E-state index contributed by atoms with van der Waals surface area (Å²) < 4.78 is 45.3. The third-order valence-electron chi connectivity index (χ3n) is 3.68. The van der Waals surface area contributed by atoms with Crippen LogP contribution in [0.1, 0.15) is 56.6 Å². The summed E-state index contributed by atoms with van der Waals surface area (Å²) in [7, 11) is -4.23. The number of hydrogen-bond donors (Lipinski definition) is 1. The molecule has 0 bridgehead atoms. The first-order valence-electron chi connectivity index (χ1n) is 7.55. The van der Waals surface area contributed by atoms with Crippen molar-refractivity contribution in [3.05, 3.63) is 29.3 Å². The van der Waals surface area contributed by atoms with Crippen molar-refractivity contribution in [1.29, 1.82) is 0 Å². The predicted molar refractivity (Wildman–Crippen MR) is 83.0 cm³/mol. The maximum absolute atomic E-state index is 14.0. The fourth-order valence-corrected chi connectivity index (χ4v) is 2.87. The molecule has 0 aromatic heterocycles. The van der Waals surface area contributed by atoms with E-state index in [4.69, 9.17) is 4.55 Å². The quantitative estimate of drug-likeness (QED) is 0.540. The van der Waals surface area contributed by atoms with Gasteiger partial charge in [-0.05, 0) is 36.6 Å². The molecule has 5 heteroatoms. The van der Waals surface area contributed by atoms with Crippen molar-refractivity contribution in [2.24, 2.45) is 0 Å². The second-order valence-corrected chi connectivity index (χ2v) is 6.99. The smallest absolute Gasteiger partial charge is 0.282 e. The van der Waals surface area contributed by atoms with Gasteiger partial charge in [0.2, 0.25) is 0 Å². The molecule has 0 spiro atoms. The Kier molecular flexibility index (Phi) is 7.32. The molecule has 1 atom stereocenters. The van der Waals surface area contributed by atoms with Crippen molar-refractivity contribution < 1.29 is 17.4 Å². The number of rotatable bonds is 9. The van der Waals surface area contributed by atoms with Crippen molar-refractivity contribution in [3.63, 3.8) is 0 Å². The molecule has 1 aromatic carbocycles. The van der Waals surface area contributed by atoms with Crippen LogP contribution in [0.15, 0.2) is 23.1 Å². The number of halogens is 1. The number of benzene rings is 1. The molecule has 0 aliphatic carbocycles. The molecule has 0 saturated carbocycles. The summed E-state index contributed by atoms with van der Waals surface area (Å²) in [6.45, 7) is 3.96. The highest BCUT2D eigenvalue weighted by Crippen LogP contribution is 2.20. The van der Waals surface area contributed by atoms with Gasteiger partial charge in [-0.3, -0.25) is 4.55 Å². The maximum Gasteiger partial charge on any atom is 0.294 e.